The van der Waals surface area contributed by atoms with Crippen LogP contribution in [0.5, 0.6) is 0 Å². The first kappa shape index (κ1) is 26.7. The Balaban J connectivity index is 1.08. The number of sulfone groups is 1. The summed E-state index contributed by atoms with van der Waals surface area (Å²) in [6.07, 6.45) is 4.84. The third-order valence-corrected chi connectivity index (χ3v) is 10.7. The van der Waals surface area contributed by atoms with Crippen LogP contribution in [-0.2, 0) is 16.3 Å². The molecule has 0 amide bonds. The van der Waals surface area contributed by atoms with E-state index in [1.807, 2.05) is 97.1 Å². The molecule has 7 heteroatoms. The highest BCUT2D eigenvalue weighted by molar-refractivity contribution is 7.92. The molecule has 0 fully saturated rings. The molecule has 0 saturated heterocycles. The highest BCUT2D eigenvalue weighted by Crippen LogP contribution is 2.45. The van der Waals surface area contributed by atoms with E-state index in [1.54, 1.807) is 18.2 Å². The first-order valence-corrected chi connectivity index (χ1v) is 16.6. The van der Waals surface area contributed by atoms with E-state index in [0.29, 0.717) is 33.7 Å². The minimum absolute atomic E-state index is 0.0935. The third kappa shape index (κ3) is 4.24. The molecule has 7 aromatic rings. The molecule has 0 bridgehead atoms. The molecule has 3 heterocycles. The first-order chi connectivity index (χ1) is 22.5. The fraction of sp³-hybridized carbons (Fsp3) is 0.0513. The highest BCUT2D eigenvalue weighted by Gasteiger charge is 2.33. The van der Waals surface area contributed by atoms with Crippen molar-refractivity contribution < 1.29 is 12.8 Å². The van der Waals surface area contributed by atoms with Crippen molar-refractivity contribution in [1.82, 2.24) is 15.0 Å². The second-order valence-electron chi connectivity index (χ2n) is 11.6. The van der Waals surface area contributed by atoms with Crippen molar-refractivity contribution in [2.45, 2.75) is 22.1 Å². The summed E-state index contributed by atoms with van der Waals surface area (Å²) in [7, 11) is -3.56. The van der Waals surface area contributed by atoms with Crippen LogP contribution >= 0.6 is 0 Å². The Morgan fingerprint density at radius 2 is 1.24 bits per heavy atom. The average molecular weight is 616 g/mol. The molecule has 9 rings (SSSR count). The van der Waals surface area contributed by atoms with Crippen molar-refractivity contribution in [1.29, 1.82) is 0 Å². The predicted octanol–water partition coefficient (Wildman–Crippen LogP) is 8.79. The normalized spacial score (nSPS) is 15.8. The van der Waals surface area contributed by atoms with E-state index in [2.05, 4.69) is 18.2 Å². The van der Waals surface area contributed by atoms with Crippen molar-refractivity contribution >= 4 is 26.9 Å². The maximum absolute atomic E-state index is 13.3. The smallest absolute Gasteiger partial charge is 0.207 e. The molecule has 1 atom stereocenters. The summed E-state index contributed by atoms with van der Waals surface area (Å²) in [4.78, 5) is 15.4. The van der Waals surface area contributed by atoms with Crippen LogP contribution in [-0.4, -0.2) is 23.4 Å². The summed E-state index contributed by atoms with van der Waals surface area (Å²) in [5.41, 5.74) is 6.95. The Kier molecular flexibility index (Phi) is 5.92. The number of benzene rings is 5. The van der Waals surface area contributed by atoms with Crippen LogP contribution in [0.15, 0.2) is 142 Å². The van der Waals surface area contributed by atoms with Crippen molar-refractivity contribution in [2.24, 2.45) is 0 Å². The largest absolute Gasteiger partial charge is 0.460 e. The number of fused-ring (bicyclic) bond motifs is 6. The minimum atomic E-state index is -3.56. The van der Waals surface area contributed by atoms with E-state index in [0.717, 1.165) is 55.7 Å². The number of hydrogen-bond donors (Lipinski definition) is 0. The third-order valence-electron chi connectivity index (χ3n) is 8.82. The molecular weight excluding hydrogens is 591 g/mol. The lowest BCUT2D eigenvalue weighted by atomic mass is 9.92. The minimum Gasteiger partial charge on any atom is -0.460 e. The van der Waals surface area contributed by atoms with Crippen LogP contribution in [0.3, 0.4) is 0 Å². The van der Waals surface area contributed by atoms with Crippen LogP contribution in [0.2, 0.25) is 0 Å². The van der Waals surface area contributed by atoms with Gasteiger partial charge in [-0.15, -0.1) is 0 Å². The molecule has 46 heavy (non-hydrogen) atoms. The van der Waals surface area contributed by atoms with Crippen molar-refractivity contribution in [3.63, 3.8) is 0 Å². The van der Waals surface area contributed by atoms with Crippen LogP contribution in [0.4, 0.5) is 0 Å². The van der Waals surface area contributed by atoms with E-state index in [9.17, 15) is 8.42 Å². The number of rotatable bonds is 4. The van der Waals surface area contributed by atoms with E-state index >= 15 is 0 Å². The maximum Gasteiger partial charge on any atom is 0.207 e. The molecule has 0 spiro atoms. The predicted molar refractivity (Wildman–Crippen MR) is 179 cm³/mol. The van der Waals surface area contributed by atoms with Crippen LogP contribution in [0.1, 0.15) is 23.1 Å². The molecule has 0 N–H and O–H groups in total. The van der Waals surface area contributed by atoms with Gasteiger partial charge in [0, 0.05) is 45.5 Å². The van der Waals surface area contributed by atoms with Gasteiger partial charge in [-0.05, 0) is 35.4 Å². The summed E-state index contributed by atoms with van der Waals surface area (Å²) in [5.74, 6) is 2.74. The fourth-order valence-corrected chi connectivity index (χ4v) is 8.23. The summed E-state index contributed by atoms with van der Waals surface area (Å²) in [6.45, 7) is 0. The molecule has 6 nitrogen and oxygen atoms in total. The van der Waals surface area contributed by atoms with Gasteiger partial charge in [-0.3, -0.25) is 0 Å². The SMILES string of the molecule is O=S1(=O)c2ccccc2-c2ccc(-c3ccc4oc5c(c4c3)C=CC(c3nc(-c4ccccc4)nc(-c4ccccc4)n3)C5)cc21. The number of aromatic nitrogens is 3. The number of nitrogens with zero attached hydrogens (tertiary/aromatic N) is 3. The van der Waals surface area contributed by atoms with Gasteiger partial charge in [-0.1, -0.05) is 109 Å². The molecule has 5 aromatic carbocycles. The summed E-state index contributed by atoms with van der Waals surface area (Å²) in [6, 6.07) is 38.8. The molecule has 0 saturated carbocycles. The summed E-state index contributed by atoms with van der Waals surface area (Å²) >= 11 is 0. The van der Waals surface area contributed by atoms with Crippen LogP contribution in [0.25, 0.3) is 62.1 Å². The quantitative estimate of drug-likeness (QED) is 0.197. The van der Waals surface area contributed by atoms with E-state index in [-0.39, 0.29) is 5.92 Å². The molecule has 2 aromatic heterocycles. The molecule has 1 aliphatic heterocycles. The topological polar surface area (TPSA) is 86.0 Å². The Labute approximate surface area is 265 Å². The second kappa shape index (κ2) is 10.2. The average Bonchev–Trinajstić information content (AvgIpc) is 3.59. The number of furan rings is 1. The van der Waals surface area contributed by atoms with Gasteiger partial charge < -0.3 is 4.42 Å². The highest BCUT2D eigenvalue weighted by atomic mass is 32.2. The fourth-order valence-electron chi connectivity index (χ4n) is 6.52. The van der Waals surface area contributed by atoms with E-state index < -0.39 is 9.84 Å². The molecule has 1 aliphatic carbocycles. The van der Waals surface area contributed by atoms with Crippen LogP contribution in [0, 0.1) is 0 Å². The van der Waals surface area contributed by atoms with Crippen molar-refractivity contribution in [3.05, 3.63) is 145 Å². The van der Waals surface area contributed by atoms with Gasteiger partial charge in [0.2, 0.25) is 9.84 Å². The lowest BCUT2D eigenvalue weighted by molar-refractivity contribution is 0.527. The monoisotopic (exact) mass is 615 g/mol. The molecule has 2 aliphatic rings. The maximum atomic E-state index is 13.3. The lowest BCUT2D eigenvalue weighted by Crippen LogP contribution is -2.11. The zero-order valence-electron chi connectivity index (χ0n) is 24.5. The first-order valence-electron chi connectivity index (χ1n) is 15.1. The van der Waals surface area contributed by atoms with E-state index in [1.165, 1.54) is 0 Å². The van der Waals surface area contributed by atoms with Gasteiger partial charge in [0.05, 0.1) is 9.79 Å². The van der Waals surface area contributed by atoms with Gasteiger partial charge >= 0.3 is 0 Å². The zero-order chi connectivity index (χ0) is 30.8. The van der Waals surface area contributed by atoms with Crippen LogP contribution < -0.4 is 0 Å². The Bertz CT molecular complexity index is 2410. The second-order valence-corrected chi connectivity index (χ2v) is 13.5. The standard InChI is InChI=1S/C39H25N3O3S/c43-46(44)35-14-8-7-13-30(35)31-19-15-27(23-36(31)46)26-17-20-33-32(21-26)29-18-16-28(22-34(29)45-33)39-41-37(24-9-3-1-4-10-24)40-38(42-39)25-11-5-2-6-12-25/h1-21,23,28H,22H2. The Morgan fingerprint density at radius 3 is 1.98 bits per heavy atom. The molecule has 0 radical (unpaired) electrons. The number of hydrogen-bond acceptors (Lipinski definition) is 6. The van der Waals surface area contributed by atoms with Gasteiger partial charge in [-0.2, -0.15) is 0 Å². The van der Waals surface area contributed by atoms with Crippen molar-refractivity contribution in [3.8, 4) is 45.0 Å². The Morgan fingerprint density at radius 1 is 0.609 bits per heavy atom. The Hall–Kier alpha value is -5.66. The lowest BCUT2D eigenvalue weighted by Gasteiger charge is -2.16. The summed E-state index contributed by atoms with van der Waals surface area (Å²) < 4.78 is 33.1. The van der Waals surface area contributed by atoms with E-state index in [4.69, 9.17) is 19.4 Å². The van der Waals surface area contributed by atoms with Gasteiger partial charge in [0.25, 0.3) is 0 Å². The number of allylic oxidation sites excluding steroid dienone is 1. The zero-order valence-corrected chi connectivity index (χ0v) is 25.3. The summed E-state index contributed by atoms with van der Waals surface area (Å²) in [5, 5.41) is 0.986. The van der Waals surface area contributed by atoms with Gasteiger partial charge in [0.1, 0.15) is 17.2 Å². The molecular formula is C39H25N3O3S. The van der Waals surface area contributed by atoms with Crippen molar-refractivity contribution in [2.75, 3.05) is 0 Å². The van der Waals surface area contributed by atoms with Gasteiger partial charge in [-0.25, -0.2) is 23.4 Å². The van der Waals surface area contributed by atoms with Gasteiger partial charge in [0.15, 0.2) is 11.6 Å². The molecule has 1 unspecified atom stereocenters. The molecule has 220 valence electrons.